The molecule has 0 aromatic heterocycles. The maximum atomic E-state index is 14.0. The van der Waals surface area contributed by atoms with E-state index in [9.17, 15) is 27.9 Å². The Labute approximate surface area is 176 Å². The minimum Gasteiger partial charge on any atom is -0.466 e. The number of ether oxygens (including phenoxy) is 2. The van der Waals surface area contributed by atoms with E-state index >= 15 is 0 Å². The van der Waals surface area contributed by atoms with Crippen LogP contribution in [-0.2, 0) is 9.53 Å². The highest BCUT2D eigenvalue weighted by molar-refractivity contribution is 5.83. The molecule has 0 saturated carbocycles. The predicted octanol–water partition coefficient (Wildman–Crippen LogP) is 3.61. The average Bonchev–Trinajstić information content (AvgIpc) is 2.72. The van der Waals surface area contributed by atoms with Crippen LogP contribution in [0.1, 0.15) is 18.5 Å². The molecule has 0 bridgehead atoms. The highest BCUT2D eigenvalue weighted by Crippen LogP contribution is 2.47. The molecule has 3 unspecified atom stereocenters. The van der Waals surface area contributed by atoms with Gasteiger partial charge in [-0.2, -0.15) is 13.2 Å². The van der Waals surface area contributed by atoms with Crippen LogP contribution in [0.25, 0.3) is 0 Å². The van der Waals surface area contributed by atoms with Gasteiger partial charge in [-0.3, -0.25) is 9.69 Å². The lowest BCUT2D eigenvalue weighted by molar-refractivity contribution is -0.328. The lowest BCUT2D eigenvalue weighted by Crippen LogP contribution is -2.73. The molecule has 1 aliphatic heterocycles. The monoisotopic (exact) mass is 438 g/mol. The van der Waals surface area contributed by atoms with Gasteiger partial charge in [-0.25, -0.2) is 4.79 Å². The van der Waals surface area contributed by atoms with Gasteiger partial charge in [-0.15, -0.1) is 0 Å². The summed E-state index contributed by atoms with van der Waals surface area (Å²) >= 11 is 0. The Kier molecular flexibility index (Phi) is 6.12. The zero-order valence-corrected chi connectivity index (χ0v) is 16.7. The standard InChI is InChI=1S/C21H21F3N2O5/c1-3-30-18(27)16-17(25-19(28)26(2)20(16,29)21(22,23)24)13-8-7-11-15(12-13)31-14-9-5-4-6-10-14/h4-12,16-17,29H,3H2,1-2H3,(H,25,28). The van der Waals surface area contributed by atoms with Gasteiger partial charge in [0.05, 0.1) is 12.6 Å². The zero-order valence-electron chi connectivity index (χ0n) is 16.7. The second kappa shape index (κ2) is 8.46. The molecule has 166 valence electrons. The van der Waals surface area contributed by atoms with Crippen LogP contribution in [0.3, 0.4) is 0 Å². The summed E-state index contributed by atoms with van der Waals surface area (Å²) in [7, 11) is 0.764. The number of alkyl halides is 3. The lowest BCUT2D eigenvalue weighted by atomic mass is 9.81. The van der Waals surface area contributed by atoms with Crippen molar-refractivity contribution in [3.05, 3.63) is 60.2 Å². The minimum absolute atomic E-state index is 0.0649. The quantitative estimate of drug-likeness (QED) is 0.697. The van der Waals surface area contributed by atoms with E-state index in [-0.39, 0.29) is 22.8 Å². The van der Waals surface area contributed by atoms with E-state index in [0.29, 0.717) is 5.75 Å². The first-order valence-corrected chi connectivity index (χ1v) is 9.42. The number of hydrogen-bond donors (Lipinski definition) is 2. The Morgan fingerprint density at radius 3 is 2.42 bits per heavy atom. The van der Waals surface area contributed by atoms with Crippen LogP contribution in [0.4, 0.5) is 18.0 Å². The van der Waals surface area contributed by atoms with E-state index in [1.165, 1.54) is 25.1 Å². The third-order valence-electron chi connectivity index (χ3n) is 5.02. The van der Waals surface area contributed by atoms with Gasteiger partial charge >= 0.3 is 18.2 Å². The molecule has 2 N–H and O–H groups in total. The number of urea groups is 1. The number of amides is 2. The zero-order chi connectivity index (χ0) is 22.8. The van der Waals surface area contributed by atoms with Crippen molar-refractivity contribution in [2.45, 2.75) is 24.9 Å². The largest absolute Gasteiger partial charge is 0.466 e. The molecule has 1 aliphatic rings. The van der Waals surface area contributed by atoms with Gasteiger partial charge in [-0.1, -0.05) is 30.3 Å². The molecule has 31 heavy (non-hydrogen) atoms. The number of esters is 1. The van der Waals surface area contributed by atoms with E-state index in [1.54, 1.807) is 36.4 Å². The Bertz CT molecular complexity index is 954. The summed E-state index contributed by atoms with van der Waals surface area (Å²) in [5, 5.41) is 13.0. The molecule has 1 saturated heterocycles. The molecule has 3 rings (SSSR count). The van der Waals surface area contributed by atoms with Crippen LogP contribution < -0.4 is 10.1 Å². The summed E-state index contributed by atoms with van der Waals surface area (Å²) in [5.41, 5.74) is -3.64. The molecule has 7 nitrogen and oxygen atoms in total. The van der Waals surface area contributed by atoms with Gasteiger partial charge < -0.3 is 19.9 Å². The summed E-state index contributed by atoms with van der Waals surface area (Å²) < 4.78 is 52.4. The van der Waals surface area contributed by atoms with Crippen molar-refractivity contribution in [1.82, 2.24) is 10.2 Å². The molecule has 10 heteroatoms. The third kappa shape index (κ3) is 4.15. The fourth-order valence-electron chi connectivity index (χ4n) is 3.48. The fourth-order valence-corrected chi connectivity index (χ4v) is 3.48. The third-order valence-corrected chi connectivity index (χ3v) is 5.02. The van der Waals surface area contributed by atoms with Gasteiger partial charge in [0.25, 0.3) is 5.72 Å². The lowest BCUT2D eigenvalue weighted by Gasteiger charge is -2.49. The normalized spacial score (nSPS) is 23.8. The maximum absolute atomic E-state index is 14.0. The molecule has 2 aromatic rings. The number of nitrogens with one attached hydrogen (secondary N) is 1. The van der Waals surface area contributed by atoms with Crippen molar-refractivity contribution < 1.29 is 37.3 Å². The molecule has 0 radical (unpaired) electrons. The number of carbonyl (C=O) groups is 2. The average molecular weight is 438 g/mol. The number of para-hydroxylation sites is 1. The highest BCUT2D eigenvalue weighted by atomic mass is 19.4. The molecular formula is C21H21F3N2O5. The summed E-state index contributed by atoms with van der Waals surface area (Å²) in [4.78, 5) is 25.0. The number of benzene rings is 2. The van der Waals surface area contributed by atoms with Crippen molar-refractivity contribution in [3.8, 4) is 11.5 Å². The predicted molar refractivity (Wildman–Crippen MR) is 103 cm³/mol. The molecule has 0 aliphatic carbocycles. The molecule has 2 aromatic carbocycles. The number of carbonyl (C=O) groups excluding carboxylic acids is 2. The molecule has 1 heterocycles. The Morgan fingerprint density at radius 2 is 1.81 bits per heavy atom. The molecule has 2 amide bonds. The Hall–Kier alpha value is -3.27. The number of aliphatic hydroxyl groups is 1. The van der Waals surface area contributed by atoms with Crippen LogP contribution in [0.2, 0.25) is 0 Å². The summed E-state index contributed by atoms with van der Waals surface area (Å²) in [5.74, 6) is -2.72. The fraction of sp³-hybridized carbons (Fsp3) is 0.333. The van der Waals surface area contributed by atoms with Gasteiger partial charge in [0, 0.05) is 7.05 Å². The van der Waals surface area contributed by atoms with E-state index < -0.39 is 35.9 Å². The molecule has 3 atom stereocenters. The highest BCUT2D eigenvalue weighted by Gasteiger charge is 2.69. The first-order chi connectivity index (χ1) is 14.6. The van der Waals surface area contributed by atoms with Crippen LogP contribution in [0.15, 0.2) is 54.6 Å². The van der Waals surface area contributed by atoms with Crippen molar-refractivity contribution >= 4 is 12.0 Å². The van der Waals surface area contributed by atoms with Crippen molar-refractivity contribution in [3.63, 3.8) is 0 Å². The number of hydrogen-bond acceptors (Lipinski definition) is 5. The topological polar surface area (TPSA) is 88.1 Å². The van der Waals surface area contributed by atoms with Crippen LogP contribution in [-0.4, -0.2) is 47.6 Å². The van der Waals surface area contributed by atoms with Gasteiger partial charge in [0.1, 0.15) is 17.4 Å². The van der Waals surface area contributed by atoms with E-state index in [2.05, 4.69) is 5.32 Å². The van der Waals surface area contributed by atoms with Crippen molar-refractivity contribution in [1.29, 1.82) is 0 Å². The maximum Gasteiger partial charge on any atom is 0.437 e. The SMILES string of the molecule is CCOC(=O)C1C(c2cccc(Oc3ccccc3)c2)NC(=O)N(C)C1(O)C(F)(F)F. The van der Waals surface area contributed by atoms with E-state index in [4.69, 9.17) is 9.47 Å². The van der Waals surface area contributed by atoms with Crippen molar-refractivity contribution in [2.24, 2.45) is 5.92 Å². The first-order valence-electron chi connectivity index (χ1n) is 9.42. The molecular weight excluding hydrogens is 417 g/mol. The number of nitrogens with zero attached hydrogens (tertiary/aromatic N) is 1. The van der Waals surface area contributed by atoms with Gasteiger partial charge in [0.2, 0.25) is 0 Å². The first kappa shape index (κ1) is 22.4. The second-order valence-corrected chi connectivity index (χ2v) is 6.93. The Balaban J connectivity index is 2.06. The van der Waals surface area contributed by atoms with Crippen LogP contribution in [0.5, 0.6) is 11.5 Å². The number of halogens is 3. The minimum atomic E-state index is -5.33. The summed E-state index contributed by atoms with van der Waals surface area (Å²) in [6.45, 7) is 1.23. The molecule has 1 fully saturated rings. The Morgan fingerprint density at radius 1 is 1.16 bits per heavy atom. The van der Waals surface area contributed by atoms with Gasteiger partial charge in [0.15, 0.2) is 0 Å². The van der Waals surface area contributed by atoms with E-state index in [0.717, 1.165) is 7.05 Å². The van der Waals surface area contributed by atoms with Gasteiger partial charge in [-0.05, 0) is 36.8 Å². The molecule has 0 spiro atoms. The summed E-state index contributed by atoms with van der Waals surface area (Å²) in [6.07, 6.45) is -5.33. The number of rotatable bonds is 5. The van der Waals surface area contributed by atoms with Crippen molar-refractivity contribution in [2.75, 3.05) is 13.7 Å². The summed E-state index contributed by atoms with van der Waals surface area (Å²) in [6, 6.07) is 11.8. The van der Waals surface area contributed by atoms with E-state index in [1.807, 2.05) is 0 Å². The van der Waals surface area contributed by atoms with Crippen LogP contribution in [0, 0.1) is 5.92 Å². The smallest absolute Gasteiger partial charge is 0.437 e. The van der Waals surface area contributed by atoms with Crippen LogP contribution >= 0.6 is 0 Å². The second-order valence-electron chi connectivity index (χ2n) is 6.93.